The highest BCUT2D eigenvalue weighted by molar-refractivity contribution is 9.14. The summed E-state index contributed by atoms with van der Waals surface area (Å²) in [7, 11) is 0. The number of benzene rings is 1. The van der Waals surface area contributed by atoms with E-state index in [1.165, 1.54) is 0 Å². The number of halogens is 4. The molecule has 0 amide bonds. The van der Waals surface area contributed by atoms with Crippen molar-refractivity contribution in [2.75, 3.05) is 0 Å². The van der Waals surface area contributed by atoms with Crippen LogP contribution < -0.4 is 0 Å². The summed E-state index contributed by atoms with van der Waals surface area (Å²) >= 11 is 14.1. The fraction of sp³-hybridized carbons (Fsp3) is 0.308. The predicted molar refractivity (Wildman–Crippen MR) is 91.3 cm³/mol. The van der Waals surface area contributed by atoms with Crippen LogP contribution in [0, 0.1) is 6.92 Å². The summed E-state index contributed by atoms with van der Waals surface area (Å²) in [6.07, 6.45) is 0. The Kier molecular flexibility index (Phi) is 6.29. The average Bonchev–Trinajstić information content (AvgIpc) is 2.33. The van der Waals surface area contributed by atoms with E-state index in [1.807, 2.05) is 6.92 Å². The molecule has 0 heterocycles. The van der Waals surface area contributed by atoms with Gasteiger partial charge < -0.3 is 4.74 Å². The second-order valence-electron chi connectivity index (χ2n) is 4.14. The molecule has 0 fully saturated rings. The molecule has 0 radical (unpaired) electrons. The summed E-state index contributed by atoms with van der Waals surface area (Å²) in [5.74, 6) is -0.375. The number of esters is 1. The molecule has 1 atom stereocenters. The molecule has 0 N–H and O–H groups in total. The van der Waals surface area contributed by atoms with Gasteiger partial charge in [-0.3, -0.25) is 4.79 Å². The number of carbonyl (C=O) groups is 1. The van der Waals surface area contributed by atoms with Crippen LogP contribution >= 0.6 is 63.7 Å². The number of hydrogen-bond acceptors (Lipinski definition) is 2. The van der Waals surface area contributed by atoms with E-state index in [9.17, 15) is 4.79 Å². The van der Waals surface area contributed by atoms with Gasteiger partial charge in [0.2, 0.25) is 0 Å². The highest BCUT2D eigenvalue weighted by Gasteiger charge is 2.26. The van der Waals surface area contributed by atoms with Gasteiger partial charge in [0.05, 0.1) is 11.7 Å². The van der Waals surface area contributed by atoms with Crippen molar-refractivity contribution in [3.05, 3.63) is 41.4 Å². The molecular weight excluding hydrogens is 508 g/mol. The zero-order chi connectivity index (χ0) is 14.9. The largest absolute Gasteiger partial charge is 0.432 e. The van der Waals surface area contributed by atoms with E-state index >= 15 is 0 Å². The van der Waals surface area contributed by atoms with Crippen molar-refractivity contribution in [1.29, 1.82) is 0 Å². The molecule has 0 saturated heterocycles. The smallest absolute Gasteiger partial charge is 0.318 e. The molecule has 1 rings (SSSR count). The first kappa shape index (κ1) is 17.4. The third kappa shape index (κ3) is 3.71. The summed E-state index contributed by atoms with van der Waals surface area (Å²) in [6, 6.07) is 0. The lowest BCUT2D eigenvalue weighted by atomic mass is 10.00. The minimum absolute atomic E-state index is 0.337. The van der Waals surface area contributed by atoms with E-state index in [-0.39, 0.29) is 5.97 Å². The Morgan fingerprint density at radius 3 is 1.89 bits per heavy atom. The summed E-state index contributed by atoms with van der Waals surface area (Å²) in [6.45, 7) is 9.00. The van der Waals surface area contributed by atoms with Gasteiger partial charge in [0.25, 0.3) is 0 Å². The molecule has 0 spiro atoms. The fourth-order valence-electron chi connectivity index (χ4n) is 1.52. The molecule has 0 aliphatic carbocycles. The quantitative estimate of drug-likeness (QED) is 0.269. The van der Waals surface area contributed by atoms with Gasteiger partial charge in [-0.05, 0) is 95.6 Å². The van der Waals surface area contributed by atoms with Crippen LogP contribution in [-0.2, 0) is 9.53 Å². The highest BCUT2D eigenvalue weighted by atomic mass is 79.9. The van der Waals surface area contributed by atoms with E-state index in [0.717, 1.165) is 29.0 Å². The zero-order valence-electron chi connectivity index (χ0n) is 10.6. The Bertz CT molecular complexity index is 523. The molecule has 0 aliphatic heterocycles. The Morgan fingerprint density at radius 2 is 1.53 bits per heavy atom. The van der Waals surface area contributed by atoms with Crippen LogP contribution in [0.15, 0.2) is 30.2 Å². The first-order chi connectivity index (χ1) is 8.68. The molecule has 0 aromatic heterocycles. The average molecular weight is 520 g/mol. The monoisotopic (exact) mass is 516 g/mol. The number of hydrogen-bond donors (Lipinski definition) is 0. The molecule has 104 valence electrons. The standard InChI is InChI=1S/C13H12Br4O2/c1-5(2)19-13(18)6(3)8-11(16)9(14)7(4)10(15)12(8)17/h6H,1H2,2-4H3. The van der Waals surface area contributed by atoms with Crippen molar-refractivity contribution in [2.45, 2.75) is 26.7 Å². The van der Waals surface area contributed by atoms with E-state index in [2.05, 4.69) is 70.3 Å². The minimum Gasteiger partial charge on any atom is -0.432 e. The van der Waals surface area contributed by atoms with Gasteiger partial charge in [0, 0.05) is 17.9 Å². The maximum Gasteiger partial charge on any atom is 0.318 e. The Labute approximate surface area is 146 Å². The molecule has 19 heavy (non-hydrogen) atoms. The van der Waals surface area contributed by atoms with Gasteiger partial charge in [0.1, 0.15) is 0 Å². The van der Waals surface area contributed by atoms with Gasteiger partial charge in [-0.1, -0.05) is 6.58 Å². The normalized spacial score (nSPS) is 12.2. The van der Waals surface area contributed by atoms with Gasteiger partial charge >= 0.3 is 5.97 Å². The van der Waals surface area contributed by atoms with Gasteiger partial charge in [-0.15, -0.1) is 0 Å². The van der Waals surface area contributed by atoms with Crippen LogP contribution in [0.1, 0.15) is 30.9 Å². The summed E-state index contributed by atoms with van der Waals surface area (Å²) in [5.41, 5.74) is 1.87. The van der Waals surface area contributed by atoms with Gasteiger partial charge in [0.15, 0.2) is 0 Å². The fourth-order valence-corrected chi connectivity index (χ4v) is 4.55. The maximum atomic E-state index is 12.0. The first-order valence-corrected chi connectivity index (χ1v) is 8.55. The van der Waals surface area contributed by atoms with Crippen LogP contribution in [0.3, 0.4) is 0 Å². The third-order valence-corrected chi connectivity index (χ3v) is 7.27. The lowest BCUT2D eigenvalue weighted by Gasteiger charge is -2.19. The molecule has 1 aromatic carbocycles. The molecule has 1 aromatic rings. The zero-order valence-corrected chi connectivity index (χ0v) is 17.0. The molecule has 0 bridgehead atoms. The highest BCUT2D eigenvalue weighted by Crippen LogP contribution is 2.44. The van der Waals surface area contributed by atoms with E-state index in [0.29, 0.717) is 5.76 Å². The van der Waals surface area contributed by atoms with E-state index in [1.54, 1.807) is 13.8 Å². The molecule has 0 aliphatic rings. The van der Waals surface area contributed by atoms with Crippen LogP contribution in [0.2, 0.25) is 0 Å². The van der Waals surface area contributed by atoms with E-state index in [4.69, 9.17) is 4.74 Å². The van der Waals surface area contributed by atoms with Crippen LogP contribution in [0.4, 0.5) is 0 Å². The number of rotatable bonds is 3. The van der Waals surface area contributed by atoms with Crippen LogP contribution in [-0.4, -0.2) is 5.97 Å². The van der Waals surface area contributed by atoms with Crippen molar-refractivity contribution in [1.82, 2.24) is 0 Å². The topological polar surface area (TPSA) is 26.3 Å². The lowest BCUT2D eigenvalue weighted by molar-refractivity contribution is -0.140. The molecule has 1 unspecified atom stereocenters. The maximum absolute atomic E-state index is 12.0. The summed E-state index contributed by atoms with van der Waals surface area (Å²) < 4.78 is 8.58. The van der Waals surface area contributed by atoms with Crippen LogP contribution in [0.5, 0.6) is 0 Å². The van der Waals surface area contributed by atoms with Gasteiger partial charge in [-0.25, -0.2) is 0 Å². The first-order valence-electron chi connectivity index (χ1n) is 5.38. The summed E-state index contributed by atoms with van der Waals surface area (Å²) in [4.78, 5) is 12.0. The van der Waals surface area contributed by atoms with Gasteiger partial charge in [-0.2, -0.15) is 0 Å². The van der Waals surface area contributed by atoms with Crippen molar-refractivity contribution in [3.8, 4) is 0 Å². The van der Waals surface area contributed by atoms with Crippen molar-refractivity contribution in [3.63, 3.8) is 0 Å². The Morgan fingerprint density at radius 1 is 1.11 bits per heavy atom. The van der Waals surface area contributed by atoms with Crippen LogP contribution in [0.25, 0.3) is 0 Å². The molecule has 2 nitrogen and oxygen atoms in total. The van der Waals surface area contributed by atoms with Crippen molar-refractivity contribution in [2.24, 2.45) is 0 Å². The number of ether oxygens (including phenoxy) is 1. The molecule has 6 heteroatoms. The van der Waals surface area contributed by atoms with E-state index < -0.39 is 5.92 Å². The second-order valence-corrected chi connectivity index (χ2v) is 7.31. The number of allylic oxidation sites excluding steroid dienone is 1. The molecular formula is C13H12Br4O2. The Balaban J connectivity index is 3.35. The number of carbonyl (C=O) groups excluding carboxylic acids is 1. The Hall–Kier alpha value is 0.350. The third-order valence-electron chi connectivity index (χ3n) is 2.58. The van der Waals surface area contributed by atoms with Crippen molar-refractivity contribution >= 4 is 69.7 Å². The molecule has 0 saturated carbocycles. The lowest BCUT2D eigenvalue weighted by Crippen LogP contribution is -2.14. The predicted octanol–water partition coefficient (Wildman–Crippen LogP) is 6.23. The second kappa shape index (κ2) is 6.87. The van der Waals surface area contributed by atoms with Crippen molar-refractivity contribution < 1.29 is 9.53 Å². The minimum atomic E-state index is -0.423. The SMILES string of the molecule is C=C(C)OC(=O)C(C)c1c(Br)c(Br)c(C)c(Br)c1Br. The summed E-state index contributed by atoms with van der Waals surface area (Å²) in [5, 5.41) is 0.